The molecule has 2 rings (SSSR count). The van der Waals surface area contributed by atoms with Crippen LogP contribution in [0.4, 0.5) is 29.3 Å². The number of sulfonamides is 1. The Labute approximate surface area is 145 Å². The number of anilines is 2. The minimum absolute atomic E-state index is 0.0762. The zero-order valence-electron chi connectivity index (χ0n) is 12.3. The van der Waals surface area contributed by atoms with Gasteiger partial charge in [0.05, 0.1) is 21.2 Å². The molecule has 0 saturated heterocycles. The summed E-state index contributed by atoms with van der Waals surface area (Å²) in [7, 11) is -3.87. The highest BCUT2D eigenvalue weighted by Gasteiger charge is 2.31. The van der Waals surface area contributed by atoms with E-state index < -0.39 is 27.8 Å². The number of urea groups is 1. The number of amides is 2. The van der Waals surface area contributed by atoms with Crippen molar-refractivity contribution < 1.29 is 26.4 Å². The van der Waals surface area contributed by atoms with Crippen LogP contribution in [-0.4, -0.2) is 14.4 Å². The number of hydrogen-bond acceptors (Lipinski definition) is 3. The molecule has 2 aromatic rings. The number of alkyl halides is 3. The van der Waals surface area contributed by atoms with Crippen LogP contribution in [0.2, 0.25) is 5.02 Å². The number of carbonyl (C=O) groups excluding carboxylic acids is 1. The molecule has 0 atom stereocenters. The van der Waals surface area contributed by atoms with Gasteiger partial charge in [-0.05, 0) is 42.5 Å². The Bertz CT molecular complexity index is 900. The van der Waals surface area contributed by atoms with Gasteiger partial charge in [0.25, 0.3) is 0 Å². The summed E-state index contributed by atoms with van der Waals surface area (Å²) in [6.45, 7) is 0. The highest BCUT2D eigenvalue weighted by Crippen LogP contribution is 2.33. The van der Waals surface area contributed by atoms with E-state index in [1.54, 1.807) is 0 Å². The first-order valence-electron chi connectivity index (χ1n) is 6.54. The van der Waals surface area contributed by atoms with Gasteiger partial charge in [-0.1, -0.05) is 11.6 Å². The van der Waals surface area contributed by atoms with E-state index in [1.807, 2.05) is 0 Å². The van der Waals surface area contributed by atoms with E-state index in [-0.39, 0.29) is 21.3 Å². The lowest BCUT2D eigenvalue weighted by Gasteiger charge is -2.12. The third-order valence-electron chi connectivity index (χ3n) is 2.98. The minimum Gasteiger partial charge on any atom is -0.308 e. The Kier molecular flexibility index (Phi) is 5.26. The lowest BCUT2D eigenvalue weighted by atomic mass is 10.2. The van der Waals surface area contributed by atoms with Crippen molar-refractivity contribution >= 4 is 39.0 Å². The van der Waals surface area contributed by atoms with Gasteiger partial charge in [-0.25, -0.2) is 18.4 Å². The summed E-state index contributed by atoms with van der Waals surface area (Å²) in [5.41, 5.74) is -0.993. The fourth-order valence-corrected chi connectivity index (χ4v) is 2.49. The largest absolute Gasteiger partial charge is 0.416 e. The first-order chi connectivity index (χ1) is 11.5. The first kappa shape index (κ1) is 19.0. The lowest BCUT2D eigenvalue weighted by molar-refractivity contribution is -0.137. The molecule has 0 aliphatic carbocycles. The molecule has 2 aromatic carbocycles. The van der Waals surface area contributed by atoms with Crippen molar-refractivity contribution in [2.45, 2.75) is 11.1 Å². The summed E-state index contributed by atoms with van der Waals surface area (Å²) in [6.07, 6.45) is -4.58. The van der Waals surface area contributed by atoms with Gasteiger partial charge >= 0.3 is 12.2 Å². The van der Waals surface area contributed by atoms with Gasteiger partial charge in [0.15, 0.2) is 0 Å². The van der Waals surface area contributed by atoms with E-state index in [4.69, 9.17) is 16.7 Å². The Hall–Kier alpha value is -2.30. The van der Waals surface area contributed by atoms with E-state index in [1.165, 1.54) is 24.3 Å². The normalized spacial score (nSPS) is 11.9. The Morgan fingerprint density at radius 1 is 1.04 bits per heavy atom. The van der Waals surface area contributed by atoms with Crippen LogP contribution in [0.5, 0.6) is 0 Å². The van der Waals surface area contributed by atoms with Gasteiger partial charge in [-0.2, -0.15) is 13.2 Å². The number of primary sulfonamides is 1. The van der Waals surface area contributed by atoms with Gasteiger partial charge in [0, 0.05) is 5.69 Å². The molecule has 0 radical (unpaired) electrons. The fraction of sp³-hybridized carbons (Fsp3) is 0.0714. The van der Waals surface area contributed by atoms with Crippen LogP contribution in [0.1, 0.15) is 5.56 Å². The standard InChI is InChI=1S/C14H11ClF3N3O3S/c15-11-6-1-8(14(16,17)18)7-12(11)21-13(22)20-9-2-4-10(5-3-9)25(19,23)24/h1-7H,(H2,19,23,24)(H2,20,21,22). The van der Waals surface area contributed by atoms with E-state index in [0.29, 0.717) is 6.07 Å². The van der Waals surface area contributed by atoms with Crippen LogP contribution in [0.3, 0.4) is 0 Å². The number of rotatable bonds is 3. The molecule has 0 aromatic heterocycles. The van der Waals surface area contributed by atoms with Crippen LogP contribution in [0, 0.1) is 0 Å². The van der Waals surface area contributed by atoms with Crippen LogP contribution in [0.15, 0.2) is 47.4 Å². The summed E-state index contributed by atoms with van der Waals surface area (Å²) in [6, 6.07) is 6.53. The van der Waals surface area contributed by atoms with Crippen molar-refractivity contribution in [2.75, 3.05) is 10.6 Å². The number of hydrogen-bond donors (Lipinski definition) is 3. The number of nitrogens with one attached hydrogen (secondary N) is 2. The van der Waals surface area contributed by atoms with E-state index in [9.17, 15) is 26.4 Å². The van der Waals surface area contributed by atoms with Crippen molar-refractivity contribution in [1.82, 2.24) is 0 Å². The predicted octanol–water partition coefficient (Wildman–Crippen LogP) is 3.65. The SMILES string of the molecule is NS(=O)(=O)c1ccc(NC(=O)Nc2cc(C(F)(F)F)ccc2Cl)cc1. The maximum absolute atomic E-state index is 12.7. The van der Waals surface area contributed by atoms with E-state index in [2.05, 4.69) is 10.6 Å². The number of carbonyl (C=O) groups is 1. The second kappa shape index (κ2) is 6.90. The van der Waals surface area contributed by atoms with Gasteiger partial charge in [-0.3, -0.25) is 0 Å². The summed E-state index contributed by atoms with van der Waals surface area (Å²) in [4.78, 5) is 11.7. The van der Waals surface area contributed by atoms with Crippen molar-refractivity contribution in [3.8, 4) is 0 Å². The van der Waals surface area contributed by atoms with Crippen LogP contribution >= 0.6 is 11.6 Å². The molecule has 0 fully saturated rings. The van der Waals surface area contributed by atoms with E-state index >= 15 is 0 Å². The molecule has 11 heteroatoms. The Morgan fingerprint density at radius 2 is 1.64 bits per heavy atom. The maximum Gasteiger partial charge on any atom is 0.416 e. The van der Waals surface area contributed by atoms with Crippen LogP contribution in [-0.2, 0) is 16.2 Å². The highest BCUT2D eigenvalue weighted by atomic mass is 35.5. The number of benzene rings is 2. The Balaban J connectivity index is 2.13. The average Bonchev–Trinajstić information content (AvgIpc) is 2.48. The molecule has 4 N–H and O–H groups in total. The smallest absolute Gasteiger partial charge is 0.308 e. The third kappa shape index (κ3) is 5.08. The van der Waals surface area contributed by atoms with Crippen molar-refractivity contribution in [2.24, 2.45) is 5.14 Å². The molecule has 0 spiro atoms. The fourth-order valence-electron chi connectivity index (χ4n) is 1.81. The highest BCUT2D eigenvalue weighted by molar-refractivity contribution is 7.89. The molecule has 6 nitrogen and oxygen atoms in total. The van der Waals surface area contributed by atoms with Gasteiger partial charge < -0.3 is 10.6 Å². The maximum atomic E-state index is 12.7. The van der Waals surface area contributed by atoms with Crippen molar-refractivity contribution in [1.29, 1.82) is 0 Å². The predicted molar refractivity (Wildman–Crippen MR) is 86.9 cm³/mol. The molecular formula is C14H11ClF3N3O3S. The zero-order valence-corrected chi connectivity index (χ0v) is 13.8. The molecule has 134 valence electrons. The van der Waals surface area contributed by atoms with Crippen LogP contribution < -0.4 is 15.8 Å². The van der Waals surface area contributed by atoms with Crippen molar-refractivity contribution in [3.63, 3.8) is 0 Å². The topological polar surface area (TPSA) is 101 Å². The zero-order chi connectivity index (χ0) is 18.8. The van der Waals surface area contributed by atoms with E-state index in [0.717, 1.165) is 12.1 Å². The molecule has 0 bridgehead atoms. The molecular weight excluding hydrogens is 383 g/mol. The molecule has 0 heterocycles. The molecule has 2 amide bonds. The minimum atomic E-state index is -4.58. The summed E-state index contributed by atoms with van der Waals surface area (Å²) in [5, 5.41) is 9.39. The summed E-state index contributed by atoms with van der Waals surface area (Å²) >= 11 is 5.77. The average molecular weight is 394 g/mol. The molecule has 0 unspecified atom stereocenters. The van der Waals surface area contributed by atoms with Gasteiger partial charge in [-0.15, -0.1) is 0 Å². The summed E-state index contributed by atoms with van der Waals surface area (Å²) in [5.74, 6) is 0. The lowest BCUT2D eigenvalue weighted by Crippen LogP contribution is -2.20. The molecule has 25 heavy (non-hydrogen) atoms. The molecule has 0 aliphatic rings. The number of halogens is 4. The second-order valence-electron chi connectivity index (χ2n) is 4.84. The van der Waals surface area contributed by atoms with Crippen molar-refractivity contribution in [3.05, 3.63) is 53.1 Å². The first-order valence-corrected chi connectivity index (χ1v) is 8.47. The third-order valence-corrected chi connectivity index (χ3v) is 4.24. The van der Waals surface area contributed by atoms with Gasteiger partial charge in [0.2, 0.25) is 10.0 Å². The quantitative estimate of drug-likeness (QED) is 0.741. The molecule has 0 saturated carbocycles. The second-order valence-corrected chi connectivity index (χ2v) is 6.81. The van der Waals surface area contributed by atoms with Gasteiger partial charge in [0.1, 0.15) is 0 Å². The number of nitrogens with two attached hydrogens (primary N) is 1. The molecule has 0 aliphatic heterocycles. The summed E-state index contributed by atoms with van der Waals surface area (Å²) < 4.78 is 60.3. The monoisotopic (exact) mass is 393 g/mol. The van der Waals surface area contributed by atoms with Crippen LogP contribution in [0.25, 0.3) is 0 Å². The Morgan fingerprint density at radius 3 is 2.16 bits per heavy atom.